The lowest BCUT2D eigenvalue weighted by Gasteiger charge is -2.19. The summed E-state index contributed by atoms with van der Waals surface area (Å²) in [5, 5.41) is 8.06. The molecular formula is C17H25N3O. The Morgan fingerprint density at radius 3 is 2.76 bits per heavy atom. The fourth-order valence-electron chi connectivity index (χ4n) is 2.55. The third-order valence-corrected chi connectivity index (χ3v) is 3.65. The van der Waals surface area contributed by atoms with E-state index in [1.165, 1.54) is 11.3 Å². The standard InChI is InChI=1S/C17H25N3O/c1-5-9-18-17(12-15-10-13(2)19-20(15)3)14-7-6-8-16(11-14)21-4/h6-8,10-11,17-18H,5,9,12H2,1-4H3. The van der Waals surface area contributed by atoms with Crippen molar-refractivity contribution in [2.75, 3.05) is 13.7 Å². The van der Waals surface area contributed by atoms with Gasteiger partial charge in [-0.3, -0.25) is 4.68 Å². The van der Waals surface area contributed by atoms with E-state index in [0.717, 1.165) is 30.8 Å². The molecule has 1 unspecified atom stereocenters. The van der Waals surface area contributed by atoms with Crippen LogP contribution in [0.25, 0.3) is 0 Å². The minimum absolute atomic E-state index is 0.273. The van der Waals surface area contributed by atoms with Crippen LogP contribution in [0.2, 0.25) is 0 Å². The number of methoxy groups -OCH3 is 1. The van der Waals surface area contributed by atoms with E-state index in [1.807, 2.05) is 30.8 Å². The highest BCUT2D eigenvalue weighted by Crippen LogP contribution is 2.22. The second-order valence-corrected chi connectivity index (χ2v) is 5.39. The van der Waals surface area contributed by atoms with Crippen molar-refractivity contribution in [1.82, 2.24) is 15.1 Å². The van der Waals surface area contributed by atoms with Crippen LogP contribution in [0.1, 0.15) is 36.3 Å². The second-order valence-electron chi connectivity index (χ2n) is 5.39. The minimum Gasteiger partial charge on any atom is -0.497 e. The Labute approximate surface area is 127 Å². The molecule has 0 saturated carbocycles. The van der Waals surface area contributed by atoms with E-state index < -0.39 is 0 Å². The molecule has 0 fully saturated rings. The molecule has 0 radical (unpaired) electrons. The summed E-state index contributed by atoms with van der Waals surface area (Å²) in [4.78, 5) is 0. The van der Waals surface area contributed by atoms with Crippen LogP contribution < -0.4 is 10.1 Å². The summed E-state index contributed by atoms with van der Waals surface area (Å²) in [5.74, 6) is 0.900. The van der Waals surface area contributed by atoms with Crippen LogP contribution in [0.3, 0.4) is 0 Å². The van der Waals surface area contributed by atoms with Gasteiger partial charge in [0.25, 0.3) is 0 Å². The Kier molecular flexibility index (Phi) is 5.39. The molecule has 4 nitrogen and oxygen atoms in total. The zero-order chi connectivity index (χ0) is 15.2. The molecule has 2 aromatic rings. The Morgan fingerprint density at radius 2 is 2.14 bits per heavy atom. The van der Waals surface area contributed by atoms with Gasteiger partial charge in [-0.2, -0.15) is 5.10 Å². The first-order chi connectivity index (χ1) is 10.1. The smallest absolute Gasteiger partial charge is 0.119 e. The zero-order valence-electron chi connectivity index (χ0n) is 13.4. The van der Waals surface area contributed by atoms with Crippen molar-refractivity contribution in [2.24, 2.45) is 7.05 Å². The van der Waals surface area contributed by atoms with Crippen molar-refractivity contribution in [2.45, 2.75) is 32.7 Å². The maximum atomic E-state index is 5.34. The summed E-state index contributed by atoms with van der Waals surface area (Å²) in [6.45, 7) is 5.21. The van der Waals surface area contributed by atoms with E-state index in [0.29, 0.717) is 0 Å². The predicted octanol–water partition coefficient (Wildman–Crippen LogP) is 3.02. The summed E-state index contributed by atoms with van der Waals surface area (Å²) in [7, 11) is 3.71. The molecule has 1 aromatic carbocycles. The monoisotopic (exact) mass is 287 g/mol. The molecule has 0 aliphatic heterocycles. The van der Waals surface area contributed by atoms with Crippen molar-refractivity contribution in [3.05, 3.63) is 47.3 Å². The topological polar surface area (TPSA) is 39.1 Å². The quantitative estimate of drug-likeness (QED) is 0.851. The first-order valence-electron chi connectivity index (χ1n) is 7.51. The van der Waals surface area contributed by atoms with Gasteiger partial charge in [0.2, 0.25) is 0 Å². The van der Waals surface area contributed by atoms with Gasteiger partial charge in [-0.1, -0.05) is 19.1 Å². The molecule has 1 aromatic heterocycles. The number of benzene rings is 1. The Bertz CT molecular complexity index is 577. The number of ether oxygens (including phenoxy) is 1. The summed E-state index contributed by atoms with van der Waals surface area (Å²) < 4.78 is 7.31. The lowest BCUT2D eigenvalue weighted by atomic mass is 10.0. The zero-order valence-corrected chi connectivity index (χ0v) is 13.4. The van der Waals surface area contributed by atoms with Gasteiger partial charge in [-0.15, -0.1) is 0 Å². The van der Waals surface area contributed by atoms with Gasteiger partial charge >= 0.3 is 0 Å². The normalized spacial score (nSPS) is 12.4. The van der Waals surface area contributed by atoms with E-state index >= 15 is 0 Å². The molecule has 1 heterocycles. The lowest BCUT2D eigenvalue weighted by Crippen LogP contribution is -2.25. The van der Waals surface area contributed by atoms with Gasteiger partial charge in [0, 0.05) is 25.2 Å². The van der Waals surface area contributed by atoms with Gasteiger partial charge < -0.3 is 10.1 Å². The van der Waals surface area contributed by atoms with Gasteiger partial charge in [0.15, 0.2) is 0 Å². The fraction of sp³-hybridized carbons (Fsp3) is 0.471. The molecule has 21 heavy (non-hydrogen) atoms. The van der Waals surface area contributed by atoms with E-state index in [2.05, 4.69) is 35.5 Å². The highest BCUT2D eigenvalue weighted by molar-refractivity contribution is 5.31. The van der Waals surface area contributed by atoms with E-state index in [9.17, 15) is 0 Å². The molecule has 2 rings (SSSR count). The average Bonchev–Trinajstić information content (AvgIpc) is 2.81. The van der Waals surface area contributed by atoms with Crippen molar-refractivity contribution >= 4 is 0 Å². The first kappa shape index (κ1) is 15.6. The number of nitrogens with zero attached hydrogens (tertiary/aromatic N) is 2. The maximum Gasteiger partial charge on any atom is 0.119 e. The summed E-state index contributed by atoms with van der Waals surface area (Å²) in [6, 6.07) is 10.7. The number of rotatable bonds is 7. The number of hydrogen-bond acceptors (Lipinski definition) is 3. The number of aryl methyl sites for hydroxylation is 2. The molecule has 0 aliphatic rings. The Balaban J connectivity index is 2.22. The second kappa shape index (κ2) is 7.27. The largest absolute Gasteiger partial charge is 0.497 e. The van der Waals surface area contributed by atoms with E-state index in [4.69, 9.17) is 4.74 Å². The van der Waals surface area contributed by atoms with Crippen molar-refractivity contribution < 1.29 is 4.74 Å². The highest BCUT2D eigenvalue weighted by atomic mass is 16.5. The van der Waals surface area contributed by atoms with Crippen LogP contribution in [-0.4, -0.2) is 23.4 Å². The van der Waals surface area contributed by atoms with Crippen molar-refractivity contribution in [3.8, 4) is 5.75 Å². The third-order valence-electron chi connectivity index (χ3n) is 3.65. The molecule has 1 N–H and O–H groups in total. The summed E-state index contributed by atoms with van der Waals surface area (Å²) in [6.07, 6.45) is 2.04. The van der Waals surface area contributed by atoms with Crippen LogP contribution in [0.15, 0.2) is 30.3 Å². The van der Waals surface area contributed by atoms with Gasteiger partial charge in [0.05, 0.1) is 12.8 Å². The predicted molar refractivity (Wildman–Crippen MR) is 85.7 cm³/mol. The molecule has 114 valence electrons. The number of hydrogen-bond donors (Lipinski definition) is 1. The maximum absolute atomic E-state index is 5.34. The van der Waals surface area contributed by atoms with E-state index in [-0.39, 0.29) is 6.04 Å². The first-order valence-corrected chi connectivity index (χ1v) is 7.51. The van der Waals surface area contributed by atoms with Crippen LogP contribution in [-0.2, 0) is 13.5 Å². The van der Waals surface area contributed by atoms with Gasteiger partial charge in [-0.05, 0) is 43.7 Å². The summed E-state index contributed by atoms with van der Waals surface area (Å²) >= 11 is 0. The molecule has 0 saturated heterocycles. The van der Waals surface area contributed by atoms with Crippen LogP contribution in [0.5, 0.6) is 5.75 Å². The SMILES string of the molecule is CCCNC(Cc1cc(C)nn1C)c1cccc(OC)c1. The van der Waals surface area contributed by atoms with Crippen molar-refractivity contribution in [3.63, 3.8) is 0 Å². The number of nitrogens with one attached hydrogen (secondary N) is 1. The average molecular weight is 287 g/mol. The minimum atomic E-state index is 0.273. The van der Waals surface area contributed by atoms with Crippen molar-refractivity contribution in [1.29, 1.82) is 0 Å². The highest BCUT2D eigenvalue weighted by Gasteiger charge is 2.15. The molecular weight excluding hydrogens is 262 g/mol. The molecule has 0 amide bonds. The Morgan fingerprint density at radius 1 is 1.33 bits per heavy atom. The van der Waals surface area contributed by atoms with Crippen LogP contribution >= 0.6 is 0 Å². The molecule has 1 atom stereocenters. The van der Waals surface area contributed by atoms with Gasteiger partial charge in [-0.25, -0.2) is 0 Å². The third kappa shape index (κ3) is 4.08. The fourth-order valence-corrected chi connectivity index (χ4v) is 2.55. The van der Waals surface area contributed by atoms with Crippen LogP contribution in [0.4, 0.5) is 0 Å². The lowest BCUT2D eigenvalue weighted by molar-refractivity contribution is 0.412. The van der Waals surface area contributed by atoms with E-state index in [1.54, 1.807) is 7.11 Å². The molecule has 0 bridgehead atoms. The molecule has 0 spiro atoms. The Hall–Kier alpha value is -1.81. The van der Waals surface area contributed by atoms with Gasteiger partial charge in [0.1, 0.15) is 5.75 Å². The molecule has 0 aliphatic carbocycles. The van der Waals surface area contributed by atoms with Crippen LogP contribution in [0, 0.1) is 6.92 Å². The summed E-state index contributed by atoms with van der Waals surface area (Å²) in [5.41, 5.74) is 3.55. The number of aromatic nitrogens is 2. The molecule has 4 heteroatoms.